The van der Waals surface area contributed by atoms with Gasteiger partial charge >= 0.3 is 0 Å². The highest BCUT2D eigenvalue weighted by Crippen LogP contribution is 2.26. The van der Waals surface area contributed by atoms with Crippen molar-refractivity contribution in [2.45, 2.75) is 27.2 Å². The molecule has 2 aromatic rings. The van der Waals surface area contributed by atoms with Crippen LogP contribution in [0.1, 0.15) is 23.1 Å². The van der Waals surface area contributed by atoms with Gasteiger partial charge in [0.05, 0.1) is 10.7 Å². The van der Waals surface area contributed by atoms with Crippen LogP contribution in [-0.2, 0) is 6.42 Å². The number of aryl methyl sites for hydroxylation is 2. The maximum atomic E-state index is 5.66. The maximum Gasteiger partial charge on any atom is 0.0935 e. The highest BCUT2D eigenvalue weighted by molar-refractivity contribution is 7.09. The van der Waals surface area contributed by atoms with Crippen LogP contribution in [0.4, 0.5) is 0 Å². The number of thiazole rings is 1. The van der Waals surface area contributed by atoms with Crippen LogP contribution in [0.25, 0.3) is 11.3 Å². The van der Waals surface area contributed by atoms with E-state index >= 15 is 0 Å². The van der Waals surface area contributed by atoms with Crippen molar-refractivity contribution in [3.8, 4) is 11.3 Å². The molecule has 0 fully saturated rings. The molecule has 1 aromatic heterocycles. The van der Waals surface area contributed by atoms with E-state index in [0.29, 0.717) is 5.92 Å². The fraction of sp³-hybridized carbons (Fsp3) is 0.400. The van der Waals surface area contributed by atoms with Crippen molar-refractivity contribution in [1.82, 2.24) is 4.98 Å². The van der Waals surface area contributed by atoms with Gasteiger partial charge in [0.25, 0.3) is 0 Å². The van der Waals surface area contributed by atoms with Crippen LogP contribution in [0.2, 0.25) is 0 Å². The highest BCUT2D eigenvalue weighted by Gasteiger charge is 2.09. The number of nitrogens with zero attached hydrogens (tertiary/aromatic N) is 1. The average Bonchev–Trinajstić information content (AvgIpc) is 2.77. The molecule has 1 atom stereocenters. The Hall–Kier alpha value is -1.19. The Morgan fingerprint density at radius 1 is 1.33 bits per heavy atom. The molecule has 0 radical (unpaired) electrons. The fourth-order valence-corrected chi connectivity index (χ4v) is 2.97. The Kier molecular flexibility index (Phi) is 4.15. The van der Waals surface area contributed by atoms with Crippen molar-refractivity contribution in [2.75, 3.05) is 6.54 Å². The predicted molar refractivity (Wildman–Crippen MR) is 78.9 cm³/mol. The maximum absolute atomic E-state index is 5.66. The second-order valence-electron chi connectivity index (χ2n) is 4.99. The number of rotatable bonds is 4. The molecule has 1 heterocycles. The summed E-state index contributed by atoms with van der Waals surface area (Å²) in [7, 11) is 0. The largest absolute Gasteiger partial charge is 0.330 e. The Bertz CT molecular complexity index is 531. The Morgan fingerprint density at radius 2 is 2.11 bits per heavy atom. The van der Waals surface area contributed by atoms with Crippen LogP contribution in [0.5, 0.6) is 0 Å². The molecule has 96 valence electrons. The first-order valence-electron chi connectivity index (χ1n) is 6.32. The molecule has 0 aliphatic carbocycles. The van der Waals surface area contributed by atoms with Gasteiger partial charge in [-0.2, -0.15) is 0 Å². The minimum absolute atomic E-state index is 0.503. The van der Waals surface area contributed by atoms with Crippen molar-refractivity contribution in [3.05, 3.63) is 39.7 Å². The van der Waals surface area contributed by atoms with Gasteiger partial charge in [0.15, 0.2) is 0 Å². The molecule has 1 unspecified atom stereocenters. The second-order valence-corrected chi connectivity index (χ2v) is 5.93. The molecule has 0 amide bonds. The molecule has 0 saturated carbocycles. The lowest BCUT2D eigenvalue weighted by molar-refractivity contribution is 0.591. The van der Waals surface area contributed by atoms with Crippen molar-refractivity contribution >= 4 is 11.3 Å². The topological polar surface area (TPSA) is 38.9 Å². The summed E-state index contributed by atoms with van der Waals surface area (Å²) in [5.41, 5.74) is 10.6. The first-order valence-corrected chi connectivity index (χ1v) is 7.20. The van der Waals surface area contributed by atoms with Gasteiger partial charge in [-0.25, -0.2) is 4.98 Å². The first kappa shape index (κ1) is 13.2. The normalized spacial score (nSPS) is 12.7. The molecule has 2 nitrogen and oxygen atoms in total. The summed E-state index contributed by atoms with van der Waals surface area (Å²) in [4.78, 5) is 4.72. The SMILES string of the molecule is Cc1ccc(-c2csc(CC(C)CN)n2)c(C)c1. The lowest BCUT2D eigenvalue weighted by atomic mass is 10.0. The molecular weight excluding hydrogens is 240 g/mol. The number of hydrogen-bond donors (Lipinski definition) is 1. The molecule has 0 spiro atoms. The van der Waals surface area contributed by atoms with E-state index < -0.39 is 0 Å². The number of benzene rings is 1. The van der Waals surface area contributed by atoms with Gasteiger partial charge in [-0.3, -0.25) is 0 Å². The van der Waals surface area contributed by atoms with Gasteiger partial charge < -0.3 is 5.73 Å². The smallest absolute Gasteiger partial charge is 0.0935 e. The molecule has 1 aromatic carbocycles. The summed E-state index contributed by atoms with van der Waals surface area (Å²) in [6, 6.07) is 6.51. The van der Waals surface area contributed by atoms with Gasteiger partial charge in [0.1, 0.15) is 0 Å². The zero-order valence-electron chi connectivity index (χ0n) is 11.2. The summed E-state index contributed by atoms with van der Waals surface area (Å²) in [5.74, 6) is 0.503. The van der Waals surface area contributed by atoms with Crippen molar-refractivity contribution in [1.29, 1.82) is 0 Å². The number of aromatic nitrogens is 1. The van der Waals surface area contributed by atoms with E-state index in [2.05, 4.69) is 44.4 Å². The predicted octanol–water partition coefficient (Wildman–Crippen LogP) is 3.56. The van der Waals surface area contributed by atoms with Crippen LogP contribution in [0, 0.1) is 19.8 Å². The van der Waals surface area contributed by atoms with Gasteiger partial charge in [0.2, 0.25) is 0 Å². The van der Waals surface area contributed by atoms with Gasteiger partial charge in [-0.1, -0.05) is 30.7 Å². The summed E-state index contributed by atoms with van der Waals surface area (Å²) in [5, 5.41) is 3.33. The zero-order valence-corrected chi connectivity index (χ0v) is 12.1. The van der Waals surface area contributed by atoms with Gasteiger partial charge in [-0.05, 0) is 31.9 Å². The third-order valence-corrected chi connectivity index (χ3v) is 4.01. The van der Waals surface area contributed by atoms with E-state index in [4.69, 9.17) is 10.7 Å². The van der Waals surface area contributed by atoms with E-state index in [0.717, 1.165) is 18.7 Å². The minimum Gasteiger partial charge on any atom is -0.330 e. The molecular formula is C15H20N2S. The lowest BCUT2D eigenvalue weighted by Gasteiger charge is -2.05. The minimum atomic E-state index is 0.503. The Balaban J connectivity index is 2.24. The van der Waals surface area contributed by atoms with Crippen molar-refractivity contribution < 1.29 is 0 Å². The van der Waals surface area contributed by atoms with Crippen LogP contribution < -0.4 is 5.73 Å². The molecule has 18 heavy (non-hydrogen) atoms. The van der Waals surface area contributed by atoms with E-state index in [-0.39, 0.29) is 0 Å². The highest BCUT2D eigenvalue weighted by atomic mass is 32.1. The van der Waals surface area contributed by atoms with Crippen LogP contribution >= 0.6 is 11.3 Å². The zero-order chi connectivity index (χ0) is 13.1. The van der Waals surface area contributed by atoms with E-state index in [1.165, 1.54) is 21.7 Å². The second kappa shape index (κ2) is 5.63. The summed E-state index contributed by atoms with van der Waals surface area (Å²) >= 11 is 1.73. The molecule has 0 aliphatic heterocycles. The van der Waals surface area contributed by atoms with Crippen LogP contribution in [0.15, 0.2) is 23.6 Å². The fourth-order valence-electron chi connectivity index (χ4n) is 2.01. The Morgan fingerprint density at radius 3 is 2.78 bits per heavy atom. The lowest BCUT2D eigenvalue weighted by Crippen LogP contribution is -2.12. The molecule has 3 heteroatoms. The van der Waals surface area contributed by atoms with E-state index in [1.54, 1.807) is 11.3 Å². The average molecular weight is 260 g/mol. The number of nitrogens with two attached hydrogens (primary N) is 1. The van der Waals surface area contributed by atoms with Gasteiger partial charge in [-0.15, -0.1) is 11.3 Å². The van der Waals surface area contributed by atoms with Crippen LogP contribution in [-0.4, -0.2) is 11.5 Å². The molecule has 0 saturated heterocycles. The van der Waals surface area contributed by atoms with Gasteiger partial charge in [0, 0.05) is 17.4 Å². The standard InChI is InChI=1S/C15H20N2S/c1-10-4-5-13(12(3)6-10)14-9-18-15(17-14)7-11(2)8-16/h4-6,9,11H,7-8,16H2,1-3H3. The molecule has 2 rings (SSSR count). The third-order valence-electron chi connectivity index (χ3n) is 3.14. The quantitative estimate of drug-likeness (QED) is 0.913. The molecule has 2 N–H and O–H groups in total. The molecule has 0 bridgehead atoms. The van der Waals surface area contributed by atoms with Crippen molar-refractivity contribution in [3.63, 3.8) is 0 Å². The monoisotopic (exact) mass is 260 g/mol. The Labute approximate surface area is 113 Å². The third kappa shape index (κ3) is 2.98. The molecule has 0 aliphatic rings. The van der Waals surface area contributed by atoms with E-state index in [1.807, 2.05) is 0 Å². The summed E-state index contributed by atoms with van der Waals surface area (Å²) in [6.07, 6.45) is 0.978. The first-order chi connectivity index (χ1) is 8.60. The summed E-state index contributed by atoms with van der Waals surface area (Å²) in [6.45, 7) is 7.15. The number of hydrogen-bond acceptors (Lipinski definition) is 3. The van der Waals surface area contributed by atoms with E-state index in [9.17, 15) is 0 Å². The van der Waals surface area contributed by atoms with Crippen LogP contribution in [0.3, 0.4) is 0 Å². The summed E-state index contributed by atoms with van der Waals surface area (Å²) < 4.78 is 0. The van der Waals surface area contributed by atoms with Crippen molar-refractivity contribution in [2.24, 2.45) is 11.7 Å².